The molecule has 0 aromatic carbocycles. The number of hydrogen-bond acceptors (Lipinski definition) is 2. The number of nitrogens with zero attached hydrogens (tertiary/aromatic N) is 2. The van der Waals surface area contributed by atoms with Crippen molar-refractivity contribution < 1.29 is 9.90 Å². The molecule has 17 heavy (non-hydrogen) atoms. The summed E-state index contributed by atoms with van der Waals surface area (Å²) in [5.74, 6) is -0.820. The molecule has 0 saturated carbocycles. The topological polar surface area (TPSA) is 45.5 Å². The van der Waals surface area contributed by atoms with Gasteiger partial charge in [-0.3, -0.25) is 0 Å². The predicted molar refractivity (Wildman–Crippen MR) is 68.6 cm³/mol. The molecule has 0 amide bonds. The van der Waals surface area contributed by atoms with Gasteiger partial charge in [0, 0.05) is 18.4 Å². The zero-order chi connectivity index (χ0) is 12.8. The van der Waals surface area contributed by atoms with Crippen LogP contribution in [0.2, 0.25) is 0 Å². The lowest BCUT2D eigenvalue weighted by Gasteiger charge is -2.12. The largest absolute Gasteiger partial charge is 0.478 e. The van der Waals surface area contributed by atoms with Crippen LogP contribution in [0, 0.1) is 0 Å². The van der Waals surface area contributed by atoms with Crippen LogP contribution in [-0.2, 0) is 13.0 Å². The van der Waals surface area contributed by atoms with Crippen LogP contribution in [0.15, 0.2) is 12.3 Å². The molecular formula is C13H22N2O2. The Labute approximate surface area is 103 Å². The minimum Gasteiger partial charge on any atom is -0.478 e. The van der Waals surface area contributed by atoms with Crippen LogP contribution in [0.3, 0.4) is 0 Å². The van der Waals surface area contributed by atoms with E-state index < -0.39 is 5.97 Å². The maximum Gasteiger partial charge on any atom is 0.337 e. The first-order chi connectivity index (χ1) is 8.06. The summed E-state index contributed by atoms with van der Waals surface area (Å²) < 4.78 is 2.08. The zero-order valence-electron chi connectivity index (χ0n) is 10.9. The third-order valence-electron chi connectivity index (χ3n) is 2.80. The molecule has 0 unspecified atom stereocenters. The number of aryl methyl sites for hydroxylation is 1. The van der Waals surface area contributed by atoms with E-state index in [2.05, 4.69) is 16.4 Å². The van der Waals surface area contributed by atoms with E-state index in [1.54, 1.807) is 6.07 Å². The number of rotatable bonds is 7. The lowest BCUT2D eigenvalue weighted by molar-refractivity contribution is 0.0695. The van der Waals surface area contributed by atoms with Gasteiger partial charge in [0.2, 0.25) is 0 Å². The van der Waals surface area contributed by atoms with Crippen LogP contribution in [-0.4, -0.2) is 41.2 Å². The van der Waals surface area contributed by atoms with Gasteiger partial charge in [-0.25, -0.2) is 4.79 Å². The summed E-state index contributed by atoms with van der Waals surface area (Å²) >= 11 is 0. The molecule has 0 aliphatic carbocycles. The Morgan fingerprint density at radius 2 is 2.18 bits per heavy atom. The fourth-order valence-corrected chi connectivity index (χ4v) is 1.98. The van der Waals surface area contributed by atoms with Crippen molar-refractivity contribution in [2.75, 3.05) is 20.6 Å². The van der Waals surface area contributed by atoms with Crippen LogP contribution < -0.4 is 0 Å². The van der Waals surface area contributed by atoms with E-state index in [9.17, 15) is 4.79 Å². The molecule has 0 saturated heterocycles. The van der Waals surface area contributed by atoms with Gasteiger partial charge in [0.1, 0.15) is 0 Å². The van der Waals surface area contributed by atoms with Crippen LogP contribution in [0.25, 0.3) is 0 Å². The average molecular weight is 238 g/mol. The Morgan fingerprint density at radius 3 is 2.71 bits per heavy atom. The molecule has 0 spiro atoms. The molecule has 4 heteroatoms. The van der Waals surface area contributed by atoms with Crippen molar-refractivity contribution >= 4 is 5.97 Å². The van der Waals surface area contributed by atoms with Gasteiger partial charge in [-0.2, -0.15) is 0 Å². The van der Waals surface area contributed by atoms with Crippen molar-refractivity contribution in [3.63, 3.8) is 0 Å². The van der Waals surface area contributed by atoms with Gasteiger partial charge in [0.25, 0.3) is 0 Å². The molecule has 1 aromatic heterocycles. The molecule has 0 fully saturated rings. The zero-order valence-corrected chi connectivity index (χ0v) is 10.9. The summed E-state index contributed by atoms with van der Waals surface area (Å²) in [5, 5.41) is 9.10. The quantitative estimate of drug-likeness (QED) is 0.791. The SMILES string of the molecule is CCCc1c(C(=O)O)ccn1CCCN(C)C. The highest BCUT2D eigenvalue weighted by Crippen LogP contribution is 2.14. The minimum absolute atomic E-state index is 0.455. The molecule has 1 heterocycles. The lowest BCUT2D eigenvalue weighted by Crippen LogP contribution is -2.16. The second-order valence-electron chi connectivity index (χ2n) is 4.58. The Hall–Kier alpha value is -1.29. The number of carbonyl (C=O) groups is 1. The van der Waals surface area contributed by atoms with Crippen molar-refractivity contribution in [3.05, 3.63) is 23.5 Å². The summed E-state index contributed by atoms with van der Waals surface area (Å²) in [5.41, 5.74) is 1.41. The van der Waals surface area contributed by atoms with Crippen LogP contribution in [0.4, 0.5) is 0 Å². The van der Waals surface area contributed by atoms with Gasteiger partial charge in [-0.05, 0) is 39.5 Å². The standard InChI is InChI=1S/C13H22N2O2/c1-4-6-12-11(13(16)17)7-10-15(12)9-5-8-14(2)3/h7,10H,4-6,8-9H2,1-3H3,(H,16,17). The first kappa shape index (κ1) is 13.8. The molecule has 1 N–H and O–H groups in total. The number of carboxylic acids is 1. The Morgan fingerprint density at radius 1 is 1.47 bits per heavy atom. The first-order valence-corrected chi connectivity index (χ1v) is 6.12. The third kappa shape index (κ3) is 3.89. The molecule has 0 aliphatic rings. The molecule has 1 aromatic rings. The molecule has 0 atom stereocenters. The summed E-state index contributed by atoms with van der Waals surface area (Å²) in [6.45, 7) is 3.98. The maximum atomic E-state index is 11.1. The van der Waals surface area contributed by atoms with Crippen molar-refractivity contribution in [2.24, 2.45) is 0 Å². The van der Waals surface area contributed by atoms with Gasteiger partial charge in [-0.15, -0.1) is 0 Å². The van der Waals surface area contributed by atoms with E-state index >= 15 is 0 Å². The molecule has 1 rings (SSSR count). The van der Waals surface area contributed by atoms with E-state index in [1.807, 2.05) is 20.3 Å². The second-order valence-corrected chi connectivity index (χ2v) is 4.58. The van der Waals surface area contributed by atoms with E-state index in [4.69, 9.17) is 5.11 Å². The van der Waals surface area contributed by atoms with Gasteiger partial charge in [-0.1, -0.05) is 13.3 Å². The normalized spacial score (nSPS) is 11.1. The van der Waals surface area contributed by atoms with E-state index in [-0.39, 0.29) is 0 Å². The second kappa shape index (κ2) is 6.45. The average Bonchev–Trinajstić information content (AvgIpc) is 2.62. The highest BCUT2D eigenvalue weighted by atomic mass is 16.4. The summed E-state index contributed by atoms with van der Waals surface area (Å²) in [4.78, 5) is 13.2. The Bertz CT molecular complexity index is 369. The number of aromatic nitrogens is 1. The molecule has 4 nitrogen and oxygen atoms in total. The minimum atomic E-state index is -0.820. The number of carboxylic acid groups (broad SMARTS) is 1. The van der Waals surface area contributed by atoms with Crippen molar-refractivity contribution in [1.29, 1.82) is 0 Å². The lowest BCUT2D eigenvalue weighted by atomic mass is 10.1. The van der Waals surface area contributed by atoms with Crippen LogP contribution in [0.1, 0.15) is 35.8 Å². The van der Waals surface area contributed by atoms with Crippen molar-refractivity contribution in [2.45, 2.75) is 32.7 Å². The first-order valence-electron chi connectivity index (χ1n) is 6.12. The monoisotopic (exact) mass is 238 g/mol. The third-order valence-corrected chi connectivity index (χ3v) is 2.80. The number of hydrogen-bond donors (Lipinski definition) is 1. The molecule has 0 bridgehead atoms. The highest BCUT2D eigenvalue weighted by molar-refractivity contribution is 5.89. The van der Waals surface area contributed by atoms with Gasteiger partial charge >= 0.3 is 5.97 Å². The van der Waals surface area contributed by atoms with Crippen molar-refractivity contribution in [1.82, 2.24) is 9.47 Å². The molecule has 0 radical (unpaired) electrons. The summed E-state index contributed by atoms with van der Waals surface area (Å²) in [6, 6.07) is 1.71. The Balaban J connectivity index is 2.73. The van der Waals surface area contributed by atoms with Gasteiger partial charge in [0.15, 0.2) is 0 Å². The van der Waals surface area contributed by atoms with E-state index in [0.29, 0.717) is 5.56 Å². The van der Waals surface area contributed by atoms with Gasteiger partial charge < -0.3 is 14.6 Å². The molecule has 0 aliphatic heterocycles. The summed E-state index contributed by atoms with van der Waals surface area (Å²) in [7, 11) is 4.09. The van der Waals surface area contributed by atoms with Crippen LogP contribution in [0.5, 0.6) is 0 Å². The predicted octanol–water partition coefficient (Wildman–Crippen LogP) is 2.09. The summed E-state index contributed by atoms with van der Waals surface area (Å²) in [6.07, 6.45) is 4.73. The maximum absolute atomic E-state index is 11.1. The molecule has 96 valence electrons. The van der Waals surface area contributed by atoms with E-state index in [0.717, 1.165) is 38.0 Å². The van der Waals surface area contributed by atoms with Crippen molar-refractivity contribution in [3.8, 4) is 0 Å². The van der Waals surface area contributed by atoms with E-state index in [1.165, 1.54) is 0 Å². The van der Waals surface area contributed by atoms with Crippen LogP contribution >= 0.6 is 0 Å². The van der Waals surface area contributed by atoms with Gasteiger partial charge in [0.05, 0.1) is 5.56 Å². The Kier molecular flexibility index (Phi) is 5.22. The highest BCUT2D eigenvalue weighted by Gasteiger charge is 2.13. The fourth-order valence-electron chi connectivity index (χ4n) is 1.98. The number of aromatic carboxylic acids is 1. The fraction of sp³-hybridized carbons (Fsp3) is 0.615. The smallest absolute Gasteiger partial charge is 0.337 e. The molecular weight excluding hydrogens is 216 g/mol.